The van der Waals surface area contributed by atoms with E-state index in [1.165, 1.54) is 12.8 Å². The number of nitrogens with zero attached hydrogens (tertiary/aromatic N) is 1. The molecule has 0 radical (unpaired) electrons. The van der Waals surface area contributed by atoms with Crippen molar-refractivity contribution in [3.8, 4) is 5.75 Å². The molecule has 5 nitrogen and oxygen atoms in total. The second kappa shape index (κ2) is 7.82. The van der Waals surface area contributed by atoms with E-state index in [2.05, 4.69) is 5.32 Å². The molecule has 120 valence electrons. The molecular formula is C17H24N2O3. The van der Waals surface area contributed by atoms with Crippen LogP contribution in [0.15, 0.2) is 24.3 Å². The molecule has 0 heterocycles. The first-order chi connectivity index (χ1) is 10.6. The van der Waals surface area contributed by atoms with Crippen LogP contribution < -0.4 is 10.1 Å². The molecule has 1 aliphatic rings. The van der Waals surface area contributed by atoms with Gasteiger partial charge in [-0.15, -0.1) is 0 Å². The van der Waals surface area contributed by atoms with E-state index >= 15 is 0 Å². The van der Waals surface area contributed by atoms with Crippen LogP contribution in [0.25, 0.3) is 0 Å². The van der Waals surface area contributed by atoms with Gasteiger partial charge >= 0.3 is 0 Å². The summed E-state index contributed by atoms with van der Waals surface area (Å²) in [4.78, 5) is 25.6. The number of benzene rings is 1. The maximum absolute atomic E-state index is 12.0. The Balaban J connectivity index is 1.83. The van der Waals surface area contributed by atoms with Crippen molar-refractivity contribution < 1.29 is 14.3 Å². The maximum atomic E-state index is 12.0. The first-order valence-corrected chi connectivity index (χ1v) is 7.81. The first-order valence-electron chi connectivity index (χ1n) is 7.81. The van der Waals surface area contributed by atoms with Crippen LogP contribution in [-0.4, -0.2) is 36.4 Å². The number of carbonyl (C=O) groups is 2. The Kier molecular flexibility index (Phi) is 5.81. The van der Waals surface area contributed by atoms with Gasteiger partial charge in [-0.05, 0) is 37.1 Å². The molecule has 0 aliphatic heterocycles. The Labute approximate surface area is 131 Å². The third kappa shape index (κ3) is 4.48. The lowest BCUT2D eigenvalue weighted by molar-refractivity contribution is -0.131. The minimum absolute atomic E-state index is 0.0594. The van der Waals surface area contributed by atoms with Gasteiger partial charge < -0.3 is 15.0 Å². The lowest BCUT2D eigenvalue weighted by Crippen LogP contribution is -2.39. The number of hydrogen-bond acceptors (Lipinski definition) is 3. The van der Waals surface area contributed by atoms with E-state index in [9.17, 15) is 9.59 Å². The Morgan fingerprint density at radius 1 is 1.23 bits per heavy atom. The molecule has 0 bridgehead atoms. The second-order valence-electron chi connectivity index (χ2n) is 5.68. The van der Waals surface area contributed by atoms with Crippen LogP contribution in [0.5, 0.6) is 5.75 Å². The Morgan fingerprint density at radius 3 is 2.41 bits per heavy atom. The summed E-state index contributed by atoms with van der Waals surface area (Å²) < 4.78 is 5.08. The summed E-state index contributed by atoms with van der Waals surface area (Å²) in [5, 5.41) is 2.85. The monoisotopic (exact) mass is 304 g/mol. The molecule has 1 aliphatic carbocycles. The second-order valence-corrected chi connectivity index (χ2v) is 5.68. The van der Waals surface area contributed by atoms with Crippen LogP contribution in [0.1, 0.15) is 39.0 Å². The van der Waals surface area contributed by atoms with E-state index in [1.807, 2.05) is 4.90 Å². The van der Waals surface area contributed by atoms with Crippen molar-refractivity contribution in [2.45, 2.75) is 45.1 Å². The minimum atomic E-state index is -0.0746. The van der Waals surface area contributed by atoms with Crippen molar-refractivity contribution in [2.24, 2.45) is 0 Å². The summed E-state index contributed by atoms with van der Waals surface area (Å²) in [6.07, 6.45) is 4.78. The van der Waals surface area contributed by atoms with Crippen molar-refractivity contribution in [3.05, 3.63) is 24.3 Å². The summed E-state index contributed by atoms with van der Waals surface area (Å²) in [5.74, 6) is 0.737. The Bertz CT molecular complexity index is 507. The number of rotatable bonds is 6. The maximum Gasteiger partial charge on any atom is 0.226 e. The van der Waals surface area contributed by atoms with Crippen LogP contribution in [-0.2, 0) is 9.59 Å². The molecule has 1 saturated carbocycles. The molecule has 22 heavy (non-hydrogen) atoms. The van der Waals surface area contributed by atoms with Gasteiger partial charge in [0.1, 0.15) is 5.75 Å². The molecule has 1 N–H and O–H groups in total. The van der Waals surface area contributed by atoms with Gasteiger partial charge in [-0.3, -0.25) is 9.59 Å². The predicted octanol–water partition coefficient (Wildman–Crippen LogP) is 2.81. The fourth-order valence-corrected chi connectivity index (χ4v) is 2.93. The highest BCUT2D eigenvalue weighted by Crippen LogP contribution is 2.23. The smallest absolute Gasteiger partial charge is 0.226 e. The highest BCUT2D eigenvalue weighted by molar-refractivity contribution is 5.91. The molecule has 2 rings (SSSR count). The zero-order valence-corrected chi connectivity index (χ0v) is 13.3. The van der Waals surface area contributed by atoms with E-state index in [1.54, 1.807) is 38.3 Å². The fraction of sp³-hybridized carbons (Fsp3) is 0.529. The van der Waals surface area contributed by atoms with Gasteiger partial charge in [0.2, 0.25) is 11.8 Å². The summed E-state index contributed by atoms with van der Waals surface area (Å²) in [7, 11) is 1.60. The SMILES string of the molecule is COc1ccc(NC(=O)CCN(C(C)=O)C2CCCC2)cc1. The van der Waals surface area contributed by atoms with Crippen molar-refractivity contribution >= 4 is 17.5 Å². The number of hydrogen-bond donors (Lipinski definition) is 1. The lowest BCUT2D eigenvalue weighted by atomic mass is 10.2. The summed E-state index contributed by atoms with van der Waals surface area (Å²) in [6, 6.07) is 7.52. The van der Waals surface area contributed by atoms with Crippen LogP contribution in [0.3, 0.4) is 0 Å². The van der Waals surface area contributed by atoms with Gasteiger partial charge in [-0.1, -0.05) is 12.8 Å². The molecule has 5 heteroatoms. The largest absolute Gasteiger partial charge is 0.497 e. The molecule has 2 amide bonds. The molecule has 0 saturated heterocycles. The molecule has 1 aromatic rings. The predicted molar refractivity (Wildman–Crippen MR) is 85.9 cm³/mol. The number of ether oxygens (including phenoxy) is 1. The van der Waals surface area contributed by atoms with Crippen molar-refractivity contribution in [1.82, 2.24) is 4.90 Å². The van der Waals surface area contributed by atoms with Gasteiger partial charge in [-0.2, -0.15) is 0 Å². The van der Waals surface area contributed by atoms with E-state index in [-0.39, 0.29) is 11.8 Å². The van der Waals surface area contributed by atoms with Gasteiger partial charge in [0.05, 0.1) is 7.11 Å². The molecule has 1 aromatic carbocycles. The zero-order valence-electron chi connectivity index (χ0n) is 13.3. The topological polar surface area (TPSA) is 58.6 Å². The third-order valence-electron chi connectivity index (χ3n) is 4.12. The highest BCUT2D eigenvalue weighted by atomic mass is 16.5. The zero-order chi connectivity index (χ0) is 15.9. The van der Waals surface area contributed by atoms with Crippen LogP contribution in [0.4, 0.5) is 5.69 Å². The first kappa shape index (κ1) is 16.3. The number of anilines is 1. The quantitative estimate of drug-likeness (QED) is 0.879. The number of methoxy groups -OCH3 is 1. The van der Waals surface area contributed by atoms with Crippen molar-refractivity contribution in [1.29, 1.82) is 0 Å². The third-order valence-corrected chi connectivity index (χ3v) is 4.12. The molecular weight excluding hydrogens is 280 g/mol. The average molecular weight is 304 g/mol. The highest BCUT2D eigenvalue weighted by Gasteiger charge is 2.24. The van der Waals surface area contributed by atoms with Crippen LogP contribution in [0, 0.1) is 0 Å². The van der Waals surface area contributed by atoms with Crippen molar-refractivity contribution in [2.75, 3.05) is 19.0 Å². The van der Waals surface area contributed by atoms with E-state index in [0.717, 1.165) is 24.3 Å². The Morgan fingerprint density at radius 2 is 1.86 bits per heavy atom. The average Bonchev–Trinajstić information content (AvgIpc) is 3.02. The van der Waals surface area contributed by atoms with E-state index < -0.39 is 0 Å². The lowest BCUT2D eigenvalue weighted by Gasteiger charge is -2.27. The van der Waals surface area contributed by atoms with Crippen LogP contribution in [0.2, 0.25) is 0 Å². The van der Waals surface area contributed by atoms with Gasteiger partial charge in [0.25, 0.3) is 0 Å². The molecule has 1 fully saturated rings. The molecule has 0 atom stereocenters. The summed E-state index contributed by atoms with van der Waals surface area (Å²) in [6.45, 7) is 2.07. The molecule has 0 spiro atoms. The standard InChI is InChI=1S/C17H24N2O3/c1-13(20)19(15-5-3-4-6-15)12-11-17(21)18-14-7-9-16(22-2)10-8-14/h7-10,15H,3-6,11-12H2,1-2H3,(H,18,21). The molecule has 0 unspecified atom stereocenters. The van der Waals surface area contributed by atoms with Gasteiger partial charge in [-0.25, -0.2) is 0 Å². The van der Waals surface area contributed by atoms with Crippen molar-refractivity contribution in [3.63, 3.8) is 0 Å². The number of nitrogens with one attached hydrogen (secondary N) is 1. The fourth-order valence-electron chi connectivity index (χ4n) is 2.93. The Hall–Kier alpha value is -2.04. The van der Waals surface area contributed by atoms with Gasteiger partial charge in [0.15, 0.2) is 0 Å². The normalized spacial score (nSPS) is 14.6. The van der Waals surface area contributed by atoms with Gasteiger partial charge in [0, 0.05) is 31.6 Å². The number of carbonyl (C=O) groups excluding carboxylic acids is 2. The van der Waals surface area contributed by atoms with E-state index in [0.29, 0.717) is 19.0 Å². The number of amides is 2. The van der Waals surface area contributed by atoms with Crippen LogP contribution >= 0.6 is 0 Å². The summed E-state index contributed by atoms with van der Waals surface area (Å²) >= 11 is 0. The minimum Gasteiger partial charge on any atom is -0.497 e. The molecule has 0 aromatic heterocycles. The van der Waals surface area contributed by atoms with E-state index in [4.69, 9.17) is 4.74 Å². The summed E-state index contributed by atoms with van der Waals surface area (Å²) in [5.41, 5.74) is 0.737.